The highest BCUT2D eigenvalue weighted by Gasteiger charge is 2.44. The van der Waals surface area contributed by atoms with Crippen molar-refractivity contribution >= 4 is 22.4 Å². The van der Waals surface area contributed by atoms with E-state index < -0.39 is 0 Å². The average Bonchev–Trinajstić information content (AvgIpc) is 3.31. The smallest absolute Gasteiger partial charge is 0.229 e. The minimum Gasteiger partial charge on any atom is -0.302 e. The van der Waals surface area contributed by atoms with Crippen LogP contribution in [-0.2, 0) is 11.3 Å². The molecule has 3 atom stereocenters. The Hall–Kier alpha value is -1.79. The van der Waals surface area contributed by atoms with Crippen LogP contribution in [0.25, 0.3) is 0 Å². The maximum absolute atomic E-state index is 12.4. The number of hydrogen-bond donors (Lipinski definition) is 1. The van der Waals surface area contributed by atoms with Crippen molar-refractivity contribution in [1.82, 2.24) is 14.9 Å². The molecule has 3 heterocycles. The van der Waals surface area contributed by atoms with E-state index >= 15 is 0 Å². The van der Waals surface area contributed by atoms with Crippen LogP contribution in [0.2, 0.25) is 0 Å². The quantitative estimate of drug-likeness (QED) is 0.891. The van der Waals surface area contributed by atoms with Crippen molar-refractivity contribution in [2.45, 2.75) is 38.6 Å². The van der Waals surface area contributed by atoms with Gasteiger partial charge >= 0.3 is 0 Å². The lowest BCUT2D eigenvalue weighted by molar-refractivity contribution is -0.117. The number of aromatic nitrogens is 2. The number of anilines is 1. The van der Waals surface area contributed by atoms with Crippen LogP contribution in [0.1, 0.15) is 43.4 Å². The van der Waals surface area contributed by atoms with Crippen LogP contribution in [0.5, 0.6) is 0 Å². The van der Waals surface area contributed by atoms with E-state index in [0.29, 0.717) is 5.92 Å². The highest BCUT2D eigenvalue weighted by Crippen LogP contribution is 2.47. The molecule has 1 saturated carbocycles. The molecule has 0 aromatic carbocycles. The molecule has 0 bridgehead atoms. The van der Waals surface area contributed by atoms with Crippen molar-refractivity contribution in [1.29, 1.82) is 0 Å². The number of hydrogen-bond acceptors (Lipinski definition) is 5. The lowest BCUT2D eigenvalue weighted by Gasteiger charge is -2.30. The van der Waals surface area contributed by atoms with Gasteiger partial charge in [0, 0.05) is 36.8 Å². The number of carbonyl (C=O) groups excluding carboxylic acids is 1. The summed E-state index contributed by atoms with van der Waals surface area (Å²) in [5.41, 5.74) is 2.22. The summed E-state index contributed by atoms with van der Waals surface area (Å²) in [6.45, 7) is 5.50. The predicted octanol–water partition coefficient (Wildman–Crippen LogP) is 3.51. The summed E-state index contributed by atoms with van der Waals surface area (Å²) in [5, 5.41) is 5.79. The average molecular weight is 356 g/mol. The summed E-state index contributed by atoms with van der Waals surface area (Å²) >= 11 is 1.53. The monoisotopic (exact) mass is 356 g/mol. The van der Waals surface area contributed by atoms with Crippen molar-refractivity contribution in [3.63, 3.8) is 0 Å². The second-order valence-corrected chi connectivity index (χ2v) is 8.21. The van der Waals surface area contributed by atoms with Crippen LogP contribution in [0.3, 0.4) is 0 Å². The van der Waals surface area contributed by atoms with Gasteiger partial charge in [-0.05, 0) is 49.3 Å². The van der Waals surface area contributed by atoms with Crippen LogP contribution in [-0.4, -0.2) is 33.9 Å². The van der Waals surface area contributed by atoms with E-state index in [1.165, 1.54) is 24.2 Å². The van der Waals surface area contributed by atoms with Gasteiger partial charge in [0.25, 0.3) is 0 Å². The number of pyridine rings is 1. The van der Waals surface area contributed by atoms with E-state index in [-0.39, 0.29) is 11.8 Å². The fourth-order valence-corrected chi connectivity index (χ4v) is 4.45. The number of likely N-dealkylation sites (tertiary alicyclic amines) is 1. The van der Waals surface area contributed by atoms with Gasteiger partial charge < -0.3 is 5.32 Å². The zero-order chi connectivity index (χ0) is 17.2. The molecule has 0 radical (unpaired) electrons. The number of carbonyl (C=O) groups is 1. The normalized spacial score (nSPS) is 26.4. The number of amides is 1. The van der Waals surface area contributed by atoms with Gasteiger partial charge in [0.1, 0.15) is 0 Å². The Balaban J connectivity index is 1.30. The number of rotatable bonds is 5. The van der Waals surface area contributed by atoms with Crippen molar-refractivity contribution in [3.8, 4) is 0 Å². The van der Waals surface area contributed by atoms with Gasteiger partial charge in [-0.3, -0.25) is 14.7 Å². The molecule has 2 aromatic rings. The predicted molar refractivity (Wildman–Crippen MR) is 99.5 cm³/mol. The summed E-state index contributed by atoms with van der Waals surface area (Å²) in [4.78, 5) is 23.6. The number of nitrogens with zero attached hydrogens (tertiary/aromatic N) is 3. The van der Waals surface area contributed by atoms with Crippen LogP contribution in [0.15, 0.2) is 29.9 Å². The lowest BCUT2D eigenvalue weighted by atomic mass is 10.0. The summed E-state index contributed by atoms with van der Waals surface area (Å²) in [6.07, 6.45) is 7.13. The van der Waals surface area contributed by atoms with E-state index in [1.807, 2.05) is 18.3 Å². The Bertz CT molecular complexity index is 732. The molecule has 0 spiro atoms. The SMILES string of the molecule is C[C@@H]1CCCN(Cc2csc(NC(=O)[C@H]3C[C@@H]3c3cccnc3)n2)C1. The van der Waals surface area contributed by atoms with Crippen molar-refractivity contribution in [2.24, 2.45) is 11.8 Å². The van der Waals surface area contributed by atoms with E-state index in [0.717, 1.165) is 48.4 Å². The van der Waals surface area contributed by atoms with Crippen LogP contribution in [0, 0.1) is 11.8 Å². The minimum absolute atomic E-state index is 0.0551. The molecule has 25 heavy (non-hydrogen) atoms. The summed E-state index contributed by atoms with van der Waals surface area (Å²) in [7, 11) is 0. The van der Waals surface area contributed by atoms with Gasteiger partial charge in [-0.15, -0.1) is 11.3 Å². The second kappa shape index (κ2) is 7.22. The molecular weight excluding hydrogens is 332 g/mol. The largest absolute Gasteiger partial charge is 0.302 e. The summed E-state index contributed by atoms with van der Waals surface area (Å²) < 4.78 is 0. The fourth-order valence-electron chi connectivity index (χ4n) is 3.74. The second-order valence-electron chi connectivity index (χ2n) is 7.35. The van der Waals surface area contributed by atoms with E-state index in [4.69, 9.17) is 0 Å². The maximum atomic E-state index is 12.4. The molecule has 4 rings (SSSR count). The molecule has 6 heteroatoms. The molecule has 2 fully saturated rings. The first-order valence-electron chi connectivity index (χ1n) is 9.06. The molecule has 2 aromatic heterocycles. The molecule has 0 unspecified atom stereocenters. The summed E-state index contributed by atoms with van der Waals surface area (Å²) in [6, 6.07) is 3.98. The molecule has 1 aliphatic heterocycles. The van der Waals surface area contributed by atoms with Gasteiger partial charge in [0.05, 0.1) is 5.69 Å². The Labute approximate surface area is 152 Å². The number of nitrogens with one attached hydrogen (secondary N) is 1. The highest BCUT2D eigenvalue weighted by molar-refractivity contribution is 7.13. The zero-order valence-corrected chi connectivity index (χ0v) is 15.3. The first-order valence-corrected chi connectivity index (χ1v) is 9.94. The third-order valence-electron chi connectivity index (χ3n) is 5.15. The topological polar surface area (TPSA) is 58.1 Å². The first kappa shape index (κ1) is 16.7. The lowest BCUT2D eigenvalue weighted by Crippen LogP contribution is -2.33. The van der Waals surface area contributed by atoms with Crippen LogP contribution < -0.4 is 5.32 Å². The Morgan fingerprint density at radius 1 is 1.48 bits per heavy atom. The van der Waals surface area contributed by atoms with Crippen LogP contribution >= 0.6 is 11.3 Å². The summed E-state index contributed by atoms with van der Waals surface area (Å²) in [5.74, 6) is 1.22. The maximum Gasteiger partial charge on any atom is 0.229 e. The van der Waals surface area contributed by atoms with Crippen molar-refractivity contribution in [2.75, 3.05) is 18.4 Å². The Kier molecular flexibility index (Phi) is 4.81. The van der Waals surface area contributed by atoms with Gasteiger partial charge in [0.15, 0.2) is 5.13 Å². The van der Waals surface area contributed by atoms with E-state index in [2.05, 4.69) is 32.5 Å². The van der Waals surface area contributed by atoms with Gasteiger partial charge in [-0.1, -0.05) is 13.0 Å². The van der Waals surface area contributed by atoms with Crippen LogP contribution in [0.4, 0.5) is 5.13 Å². The zero-order valence-electron chi connectivity index (χ0n) is 14.5. The molecular formula is C19H24N4OS. The highest BCUT2D eigenvalue weighted by atomic mass is 32.1. The van der Waals surface area contributed by atoms with Gasteiger partial charge in [-0.25, -0.2) is 4.98 Å². The molecule has 5 nitrogen and oxygen atoms in total. The third-order valence-corrected chi connectivity index (χ3v) is 5.95. The van der Waals surface area contributed by atoms with Crippen molar-refractivity contribution in [3.05, 3.63) is 41.2 Å². The fraction of sp³-hybridized carbons (Fsp3) is 0.526. The number of piperidine rings is 1. The molecule has 1 amide bonds. The Morgan fingerprint density at radius 3 is 3.20 bits per heavy atom. The van der Waals surface area contributed by atoms with Gasteiger partial charge in [0.2, 0.25) is 5.91 Å². The van der Waals surface area contributed by atoms with Gasteiger partial charge in [-0.2, -0.15) is 0 Å². The van der Waals surface area contributed by atoms with E-state index in [1.54, 1.807) is 6.20 Å². The molecule has 1 N–H and O–H groups in total. The molecule has 1 saturated heterocycles. The molecule has 1 aliphatic carbocycles. The third kappa shape index (κ3) is 4.07. The molecule has 2 aliphatic rings. The standard InChI is InChI=1S/C19H24N4OS/c1-13-4-3-7-23(10-13)11-15-12-25-19(21-15)22-18(24)17-8-16(17)14-5-2-6-20-9-14/h2,5-6,9,12-13,16-17H,3-4,7-8,10-11H2,1H3,(H,21,22,24)/t13-,16-,17+/m1/s1. The first-order chi connectivity index (χ1) is 12.2. The Morgan fingerprint density at radius 2 is 2.40 bits per heavy atom. The number of thiazole rings is 1. The molecule has 132 valence electrons. The minimum atomic E-state index is 0.0551. The van der Waals surface area contributed by atoms with E-state index in [9.17, 15) is 4.79 Å². The van der Waals surface area contributed by atoms with Crippen molar-refractivity contribution < 1.29 is 4.79 Å².